The Labute approximate surface area is 159 Å². The van der Waals surface area contributed by atoms with E-state index >= 15 is 0 Å². The van der Waals surface area contributed by atoms with Crippen LogP contribution in [0.3, 0.4) is 0 Å². The number of rotatable bonds is 3. The topological polar surface area (TPSA) is 40.6 Å². The molecule has 0 radical (unpaired) electrons. The fourth-order valence-corrected chi connectivity index (χ4v) is 5.81. The molecule has 4 nitrogen and oxygen atoms in total. The monoisotopic (exact) mass is 378 g/mol. The van der Waals surface area contributed by atoms with Crippen LogP contribution in [0.5, 0.6) is 0 Å². The van der Waals surface area contributed by atoms with Gasteiger partial charge in [0.1, 0.15) is 0 Å². The summed E-state index contributed by atoms with van der Waals surface area (Å²) >= 11 is 0. The van der Waals surface area contributed by atoms with Crippen molar-refractivity contribution in [3.8, 4) is 0 Å². The molecule has 1 saturated heterocycles. The minimum absolute atomic E-state index is 0.0323. The fourth-order valence-electron chi connectivity index (χ4n) is 4.39. The molecule has 0 unspecified atom stereocenters. The summed E-state index contributed by atoms with van der Waals surface area (Å²) in [5, 5.41) is 0. The molecule has 1 aromatic rings. The van der Waals surface area contributed by atoms with Gasteiger partial charge >= 0.3 is 0 Å². The predicted octanol–water partition coefficient (Wildman–Crippen LogP) is 3.87. The van der Waals surface area contributed by atoms with E-state index in [0.717, 1.165) is 24.6 Å². The number of hydrogen-bond acceptors (Lipinski definition) is 3. The van der Waals surface area contributed by atoms with Crippen molar-refractivity contribution in [3.05, 3.63) is 29.8 Å². The third-order valence-corrected chi connectivity index (χ3v) is 8.08. The van der Waals surface area contributed by atoms with Crippen molar-refractivity contribution in [2.45, 2.75) is 69.7 Å². The van der Waals surface area contributed by atoms with E-state index in [1.165, 1.54) is 25.7 Å². The van der Waals surface area contributed by atoms with E-state index < -0.39 is 10.0 Å². The van der Waals surface area contributed by atoms with Gasteiger partial charge in [-0.15, -0.1) is 0 Å². The lowest BCUT2D eigenvalue weighted by molar-refractivity contribution is 0.0786. The van der Waals surface area contributed by atoms with Crippen LogP contribution in [0.1, 0.15) is 58.9 Å². The van der Waals surface area contributed by atoms with Gasteiger partial charge in [0.2, 0.25) is 10.0 Å². The van der Waals surface area contributed by atoms with Crippen molar-refractivity contribution in [3.63, 3.8) is 0 Å². The molecule has 0 bridgehead atoms. The van der Waals surface area contributed by atoms with Crippen LogP contribution < -0.4 is 0 Å². The van der Waals surface area contributed by atoms with Crippen LogP contribution in [0.15, 0.2) is 29.2 Å². The maximum Gasteiger partial charge on any atom is 0.243 e. The first-order valence-corrected chi connectivity index (χ1v) is 11.5. The largest absolute Gasteiger partial charge is 0.298 e. The highest BCUT2D eigenvalue weighted by molar-refractivity contribution is 7.89. The highest BCUT2D eigenvalue weighted by Crippen LogP contribution is 2.30. The molecule has 0 N–H and O–H groups in total. The zero-order valence-electron chi connectivity index (χ0n) is 16.7. The molecule has 2 fully saturated rings. The van der Waals surface area contributed by atoms with Crippen molar-refractivity contribution < 1.29 is 8.42 Å². The van der Waals surface area contributed by atoms with Gasteiger partial charge in [-0.05, 0) is 41.9 Å². The number of nitrogens with zero attached hydrogens (tertiary/aromatic N) is 2. The summed E-state index contributed by atoms with van der Waals surface area (Å²) in [5.74, 6) is 0.733. The Morgan fingerprint density at radius 1 is 0.923 bits per heavy atom. The SMILES string of the molecule is C[C@@H]1CCCC[C@@H]1N1CCN(S(=O)(=O)c2ccc(C(C)(C)C)cc2)CC1. The van der Waals surface area contributed by atoms with Crippen LogP contribution in [-0.2, 0) is 15.4 Å². The number of piperazine rings is 1. The van der Waals surface area contributed by atoms with Gasteiger partial charge < -0.3 is 0 Å². The van der Waals surface area contributed by atoms with Crippen LogP contribution in [0.2, 0.25) is 0 Å². The van der Waals surface area contributed by atoms with Crippen LogP contribution >= 0.6 is 0 Å². The molecule has 1 saturated carbocycles. The second kappa shape index (κ2) is 7.61. The smallest absolute Gasteiger partial charge is 0.243 e. The van der Waals surface area contributed by atoms with Crippen molar-refractivity contribution in [1.29, 1.82) is 0 Å². The molecule has 5 heteroatoms. The van der Waals surface area contributed by atoms with E-state index in [9.17, 15) is 8.42 Å². The van der Waals surface area contributed by atoms with Crippen molar-refractivity contribution in [2.24, 2.45) is 5.92 Å². The molecule has 1 heterocycles. The molecule has 1 aliphatic heterocycles. The molecular formula is C21H34N2O2S. The zero-order chi connectivity index (χ0) is 18.9. The fraction of sp³-hybridized carbons (Fsp3) is 0.714. The average Bonchev–Trinajstić information content (AvgIpc) is 2.62. The number of hydrogen-bond donors (Lipinski definition) is 0. The molecule has 26 heavy (non-hydrogen) atoms. The first kappa shape index (κ1) is 19.8. The first-order valence-electron chi connectivity index (χ1n) is 10.0. The standard InChI is InChI=1S/C21H34N2O2S/c1-17-7-5-6-8-20(17)22-13-15-23(16-14-22)26(24,25)19-11-9-18(10-12-19)21(2,3)4/h9-12,17,20H,5-8,13-16H2,1-4H3/t17-,20+/m1/s1. The summed E-state index contributed by atoms with van der Waals surface area (Å²) in [4.78, 5) is 2.95. The minimum Gasteiger partial charge on any atom is -0.298 e. The van der Waals surface area contributed by atoms with Gasteiger partial charge in [0.15, 0.2) is 0 Å². The van der Waals surface area contributed by atoms with Crippen LogP contribution in [0.25, 0.3) is 0 Å². The van der Waals surface area contributed by atoms with Gasteiger partial charge in [-0.1, -0.05) is 52.7 Å². The molecule has 1 aromatic carbocycles. The molecule has 2 aliphatic rings. The number of benzene rings is 1. The molecule has 3 rings (SSSR count). The predicted molar refractivity (Wildman–Crippen MR) is 107 cm³/mol. The summed E-state index contributed by atoms with van der Waals surface area (Å²) in [6, 6.07) is 8.08. The maximum absolute atomic E-state index is 13.0. The Balaban J connectivity index is 1.66. The average molecular weight is 379 g/mol. The Kier molecular flexibility index (Phi) is 5.80. The Hall–Kier alpha value is -0.910. The van der Waals surface area contributed by atoms with E-state index in [0.29, 0.717) is 24.0 Å². The highest BCUT2D eigenvalue weighted by atomic mass is 32.2. The van der Waals surface area contributed by atoms with E-state index in [1.54, 1.807) is 16.4 Å². The Morgan fingerprint density at radius 2 is 1.50 bits per heavy atom. The van der Waals surface area contributed by atoms with Gasteiger partial charge in [-0.3, -0.25) is 4.90 Å². The summed E-state index contributed by atoms with van der Waals surface area (Å²) in [6.07, 6.45) is 5.23. The van der Waals surface area contributed by atoms with E-state index in [-0.39, 0.29) is 5.41 Å². The van der Waals surface area contributed by atoms with E-state index in [1.807, 2.05) is 12.1 Å². The van der Waals surface area contributed by atoms with Crippen molar-refractivity contribution in [2.75, 3.05) is 26.2 Å². The molecule has 0 spiro atoms. The van der Waals surface area contributed by atoms with Crippen molar-refractivity contribution >= 4 is 10.0 Å². The van der Waals surface area contributed by atoms with E-state index in [2.05, 4.69) is 32.6 Å². The lowest BCUT2D eigenvalue weighted by Gasteiger charge is -2.43. The third kappa shape index (κ3) is 4.15. The third-order valence-electron chi connectivity index (χ3n) is 6.17. The minimum atomic E-state index is -3.39. The second-order valence-electron chi connectivity index (χ2n) is 9.04. The number of sulfonamides is 1. The van der Waals surface area contributed by atoms with Crippen LogP contribution in [0.4, 0.5) is 0 Å². The van der Waals surface area contributed by atoms with Gasteiger partial charge in [-0.2, -0.15) is 4.31 Å². The molecule has 0 aromatic heterocycles. The summed E-state index contributed by atoms with van der Waals surface area (Å²) in [6.45, 7) is 11.7. The van der Waals surface area contributed by atoms with Gasteiger partial charge in [0, 0.05) is 32.2 Å². The molecular weight excluding hydrogens is 344 g/mol. The van der Waals surface area contributed by atoms with E-state index in [4.69, 9.17) is 0 Å². The maximum atomic E-state index is 13.0. The molecule has 146 valence electrons. The summed E-state index contributed by atoms with van der Waals surface area (Å²) < 4.78 is 27.7. The molecule has 0 amide bonds. The first-order chi connectivity index (χ1) is 12.2. The quantitative estimate of drug-likeness (QED) is 0.802. The van der Waals surface area contributed by atoms with Gasteiger partial charge in [-0.25, -0.2) is 8.42 Å². The summed E-state index contributed by atoms with van der Waals surface area (Å²) in [7, 11) is -3.39. The normalized spacial score (nSPS) is 26.8. The Morgan fingerprint density at radius 3 is 2.04 bits per heavy atom. The lowest BCUT2D eigenvalue weighted by Crippen LogP contribution is -2.53. The van der Waals surface area contributed by atoms with Crippen LogP contribution in [0, 0.1) is 5.92 Å². The van der Waals surface area contributed by atoms with Crippen LogP contribution in [-0.4, -0.2) is 49.8 Å². The molecule has 1 aliphatic carbocycles. The highest BCUT2D eigenvalue weighted by Gasteiger charge is 2.33. The molecule has 2 atom stereocenters. The summed E-state index contributed by atoms with van der Waals surface area (Å²) in [5.41, 5.74) is 1.19. The second-order valence-corrected chi connectivity index (χ2v) is 11.0. The van der Waals surface area contributed by atoms with Gasteiger partial charge in [0.25, 0.3) is 0 Å². The Bertz CT molecular complexity index is 699. The van der Waals surface area contributed by atoms with Gasteiger partial charge in [0.05, 0.1) is 4.90 Å². The lowest BCUT2D eigenvalue weighted by atomic mass is 9.84. The zero-order valence-corrected chi connectivity index (χ0v) is 17.6. The van der Waals surface area contributed by atoms with Crippen molar-refractivity contribution in [1.82, 2.24) is 9.21 Å².